The Morgan fingerprint density at radius 1 is 1.39 bits per heavy atom. The van der Waals surface area contributed by atoms with Gasteiger partial charge in [-0.3, -0.25) is 14.9 Å². The van der Waals surface area contributed by atoms with Crippen LogP contribution in [0.3, 0.4) is 0 Å². The normalized spacial score (nSPS) is 16.9. The summed E-state index contributed by atoms with van der Waals surface area (Å²) >= 11 is 1.35. The lowest BCUT2D eigenvalue weighted by Gasteiger charge is -2.13. The van der Waals surface area contributed by atoms with Crippen LogP contribution in [0.25, 0.3) is 10.6 Å². The van der Waals surface area contributed by atoms with Crippen molar-refractivity contribution in [3.05, 3.63) is 45.5 Å². The molecule has 1 saturated heterocycles. The van der Waals surface area contributed by atoms with E-state index in [9.17, 15) is 14.9 Å². The van der Waals surface area contributed by atoms with Gasteiger partial charge in [-0.05, 0) is 18.6 Å². The van der Waals surface area contributed by atoms with Gasteiger partial charge in [-0.25, -0.2) is 4.98 Å². The minimum absolute atomic E-state index is 0. The highest BCUT2D eigenvalue weighted by Crippen LogP contribution is 2.26. The average molecular weight is 355 g/mol. The van der Waals surface area contributed by atoms with Crippen molar-refractivity contribution in [2.45, 2.75) is 12.5 Å². The second-order valence-electron chi connectivity index (χ2n) is 5.14. The van der Waals surface area contributed by atoms with Crippen LogP contribution in [0.2, 0.25) is 0 Å². The van der Waals surface area contributed by atoms with Gasteiger partial charge < -0.3 is 10.6 Å². The van der Waals surface area contributed by atoms with Gasteiger partial charge in [-0.1, -0.05) is 0 Å². The number of thiazole rings is 1. The lowest BCUT2D eigenvalue weighted by atomic mass is 10.2. The van der Waals surface area contributed by atoms with Crippen molar-refractivity contribution in [1.29, 1.82) is 0 Å². The van der Waals surface area contributed by atoms with E-state index < -0.39 is 4.92 Å². The Labute approximate surface area is 142 Å². The third-order valence-electron chi connectivity index (χ3n) is 3.56. The van der Waals surface area contributed by atoms with Crippen LogP contribution < -0.4 is 5.73 Å². The first-order valence-electron chi connectivity index (χ1n) is 6.80. The number of likely N-dealkylation sites (tertiary alicyclic amines) is 1. The van der Waals surface area contributed by atoms with Gasteiger partial charge in [0.1, 0.15) is 10.7 Å². The van der Waals surface area contributed by atoms with E-state index in [1.807, 2.05) is 0 Å². The zero-order chi connectivity index (χ0) is 15.7. The molecular weight excluding hydrogens is 340 g/mol. The number of nitro groups is 1. The van der Waals surface area contributed by atoms with E-state index in [0.717, 1.165) is 12.0 Å². The maximum absolute atomic E-state index is 12.3. The first-order chi connectivity index (χ1) is 10.5. The van der Waals surface area contributed by atoms with Gasteiger partial charge in [0.05, 0.1) is 4.92 Å². The average Bonchev–Trinajstić information content (AvgIpc) is 3.15. The van der Waals surface area contributed by atoms with Crippen molar-refractivity contribution >= 4 is 35.3 Å². The van der Waals surface area contributed by atoms with Crippen LogP contribution >= 0.6 is 23.7 Å². The van der Waals surface area contributed by atoms with Gasteiger partial charge in [0.2, 0.25) is 0 Å². The molecule has 1 aliphatic rings. The van der Waals surface area contributed by atoms with E-state index in [2.05, 4.69) is 4.98 Å². The van der Waals surface area contributed by atoms with E-state index in [1.165, 1.54) is 23.5 Å². The fourth-order valence-electron chi connectivity index (χ4n) is 2.36. The molecule has 0 bridgehead atoms. The van der Waals surface area contributed by atoms with E-state index in [-0.39, 0.29) is 30.0 Å². The van der Waals surface area contributed by atoms with Gasteiger partial charge in [0.25, 0.3) is 11.6 Å². The predicted molar refractivity (Wildman–Crippen MR) is 89.9 cm³/mol. The molecule has 2 N–H and O–H groups in total. The number of halogens is 1. The van der Waals surface area contributed by atoms with Crippen molar-refractivity contribution in [3.8, 4) is 10.6 Å². The largest absolute Gasteiger partial charge is 0.336 e. The number of carbonyl (C=O) groups is 1. The maximum atomic E-state index is 12.3. The van der Waals surface area contributed by atoms with Gasteiger partial charge in [0.15, 0.2) is 0 Å². The summed E-state index contributed by atoms with van der Waals surface area (Å²) in [4.78, 5) is 28.6. The SMILES string of the molecule is Cl.N[C@@H]1CCN(C(=O)c2csc(-c3ccc([N+](=O)[O-])cc3)n2)C1. The number of hydrogen-bond acceptors (Lipinski definition) is 6. The summed E-state index contributed by atoms with van der Waals surface area (Å²) < 4.78 is 0. The monoisotopic (exact) mass is 354 g/mol. The van der Waals surface area contributed by atoms with Crippen LogP contribution in [0.4, 0.5) is 5.69 Å². The summed E-state index contributed by atoms with van der Waals surface area (Å²) in [6, 6.07) is 6.17. The van der Waals surface area contributed by atoms with Crippen molar-refractivity contribution in [2.75, 3.05) is 13.1 Å². The minimum atomic E-state index is -0.447. The molecule has 1 fully saturated rings. The molecule has 0 saturated carbocycles. The van der Waals surface area contributed by atoms with Crippen LogP contribution in [0.5, 0.6) is 0 Å². The number of non-ortho nitro benzene ring substituents is 1. The summed E-state index contributed by atoms with van der Waals surface area (Å²) in [6.07, 6.45) is 0.811. The standard InChI is InChI=1S/C14H14N4O3S.ClH/c15-10-5-6-17(7-10)14(19)12-8-22-13(16-12)9-1-3-11(4-2-9)18(20)21;/h1-4,8,10H,5-7,15H2;1H/t10-;/m1./s1. The van der Waals surface area contributed by atoms with Gasteiger partial charge in [0, 0.05) is 42.2 Å². The van der Waals surface area contributed by atoms with Crippen molar-refractivity contribution in [1.82, 2.24) is 9.88 Å². The highest BCUT2D eigenvalue weighted by atomic mass is 35.5. The Kier molecular flexibility index (Phi) is 5.30. The fourth-order valence-corrected chi connectivity index (χ4v) is 3.16. The van der Waals surface area contributed by atoms with Crippen LogP contribution in [-0.4, -0.2) is 39.8 Å². The van der Waals surface area contributed by atoms with Crippen molar-refractivity contribution in [2.24, 2.45) is 5.73 Å². The molecule has 1 atom stereocenters. The smallest absolute Gasteiger partial charge is 0.273 e. The molecule has 1 amide bonds. The number of benzene rings is 1. The minimum Gasteiger partial charge on any atom is -0.336 e. The molecule has 0 radical (unpaired) electrons. The molecular formula is C14H15ClN4O3S. The Balaban J connectivity index is 0.00000192. The summed E-state index contributed by atoms with van der Waals surface area (Å²) in [5.74, 6) is -0.114. The summed E-state index contributed by atoms with van der Waals surface area (Å²) in [6.45, 7) is 1.22. The molecule has 2 aromatic rings. The van der Waals surface area contributed by atoms with E-state index >= 15 is 0 Å². The molecule has 1 aromatic carbocycles. The summed E-state index contributed by atoms with van der Waals surface area (Å²) in [5.41, 5.74) is 6.99. The van der Waals surface area contributed by atoms with Gasteiger partial charge >= 0.3 is 0 Å². The molecule has 1 aliphatic heterocycles. The van der Waals surface area contributed by atoms with E-state index in [0.29, 0.717) is 23.8 Å². The zero-order valence-electron chi connectivity index (χ0n) is 12.0. The molecule has 3 rings (SSSR count). The molecule has 1 aromatic heterocycles. The van der Waals surface area contributed by atoms with Crippen LogP contribution in [0, 0.1) is 10.1 Å². The molecule has 0 spiro atoms. The van der Waals surface area contributed by atoms with Crippen LogP contribution in [0.15, 0.2) is 29.6 Å². The Morgan fingerprint density at radius 2 is 2.09 bits per heavy atom. The highest BCUT2D eigenvalue weighted by molar-refractivity contribution is 7.13. The second kappa shape index (κ2) is 7.03. The molecule has 23 heavy (non-hydrogen) atoms. The van der Waals surface area contributed by atoms with Gasteiger partial charge in [-0.15, -0.1) is 23.7 Å². The lowest BCUT2D eigenvalue weighted by Crippen LogP contribution is -2.32. The second-order valence-corrected chi connectivity index (χ2v) is 6.00. The number of amides is 1. The molecule has 9 heteroatoms. The number of hydrogen-bond donors (Lipinski definition) is 1. The molecule has 2 heterocycles. The molecule has 0 unspecified atom stereocenters. The van der Waals surface area contributed by atoms with E-state index in [1.54, 1.807) is 22.4 Å². The van der Waals surface area contributed by atoms with E-state index in [4.69, 9.17) is 5.73 Å². The molecule has 7 nitrogen and oxygen atoms in total. The predicted octanol–water partition coefficient (Wildman–Crippen LogP) is 2.31. The highest BCUT2D eigenvalue weighted by Gasteiger charge is 2.26. The molecule has 0 aliphatic carbocycles. The summed E-state index contributed by atoms with van der Waals surface area (Å²) in [7, 11) is 0. The lowest BCUT2D eigenvalue weighted by molar-refractivity contribution is -0.384. The number of carbonyl (C=O) groups excluding carboxylic acids is 1. The first-order valence-corrected chi connectivity index (χ1v) is 7.68. The van der Waals surface area contributed by atoms with Crippen molar-refractivity contribution < 1.29 is 9.72 Å². The summed E-state index contributed by atoms with van der Waals surface area (Å²) in [5, 5.41) is 13.0. The Hall–Kier alpha value is -2.03. The Bertz CT molecular complexity index is 719. The van der Waals surface area contributed by atoms with Crippen LogP contribution in [0.1, 0.15) is 16.9 Å². The zero-order valence-corrected chi connectivity index (χ0v) is 13.7. The quantitative estimate of drug-likeness (QED) is 0.673. The topological polar surface area (TPSA) is 102 Å². The molecule has 122 valence electrons. The number of nitro benzene ring substituents is 1. The van der Waals surface area contributed by atoms with Gasteiger partial charge in [-0.2, -0.15) is 0 Å². The van der Waals surface area contributed by atoms with Crippen molar-refractivity contribution in [3.63, 3.8) is 0 Å². The maximum Gasteiger partial charge on any atom is 0.273 e. The number of nitrogens with zero attached hydrogens (tertiary/aromatic N) is 3. The fraction of sp³-hybridized carbons (Fsp3) is 0.286. The number of nitrogens with two attached hydrogens (primary N) is 1. The Morgan fingerprint density at radius 3 is 2.65 bits per heavy atom. The number of aromatic nitrogens is 1. The number of rotatable bonds is 3. The first kappa shape index (κ1) is 17.3. The van der Waals surface area contributed by atoms with Crippen LogP contribution in [-0.2, 0) is 0 Å². The third kappa shape index (κ3) is 3.66. The third-order valence-corrected chi connectivity index (χ3v) is 4.45.